The number of hydrogen-bond donors (Lipinski definition) is 1. The van der Waals surface area contributed by atoms with E-state index in [4.69, 9.17) is 0 Å². The lowest BCUT2D eigenvalue weighted by molar-refractivity contribution is 0.141. The summed E-state index contributed by atoms with van der Waals surface area (Å²) in [6.07, 6.45) is 4.61. The minimum atomic E-state index is -0.164. The second-order valence-electron chi connectivity index (χ2n) is 4.47. The van der Waals surface area contributed by atoms with E-state index in [0.29, 0.717) is 6.04 Å². The smallest absolute Gasteiger partial charge is 0.0524 e. The van der Waals surface area contributed by atoms with Gasteiger partial charge in [-0.05, 0) is 40.2 Å². The average molecular weight is 201 g/mol. The molecule has 0 aromatic rings. The van der Waals surface area contributed by atoms with Crippen LogP contribution in [0.4, 0.5) is 0 Å². The largest absolute Gasteiger partial charge is 0.393 e. The highest BCUT2D eigenvalue weighted by molar-refractivity contribution is 4.64. The van der Waals surface area contributed by atoms with Crippen LogP contribution in [0.2, 0.25) is 0 Å². The zero-order valence-corrected chi connectivity index (χ0v) is 10.3. The predicted octanol–water partition coefficient (Wildman–Crippen LogP) is 2.66. The summed E-state index contributed by atoms with van der Waals surface area (Å²) in [5.74, 6) is 0. The van der Waals surface area contributed by atoms with Gasteiger partial charge in [0.25, 0.3) is 0 Å². The van der Waals surface area contributed by atoms with Crippen LogP contribution in [0.15, 0.2) is 0 Å². The van der Waals surface area contributed by atoms with Gasteiger partial charge in [-0.3, -0.25) is 0 Å². The molecule has 0 radical (unpaired) electrons. The Morgan fingerprint density at radius 2 is 1.71 bits per heavy atom. The summed E-state index contributed by atoms with van der Waals surface area (Å²) in [7, 11) is 0. The fraction of sp³-hybridized carbons (Fsp3) is 1.00. The molecule has 0 aliphatic rings. The first-order chi connectivity index (χ1) is 6.57. The van der Waals surface area contributed by atoms with E-state index in [1.807, 2.05) is 6.92 Å². The van der Waals surface area contributed by atoms with Crippen molar-refractivity contribution in [1.29, 1.82) is 0 Å². The number of unbranched alkanes of at least 4 members (excludes halogenated alkanes) is 2. The maximum atomic E-state index is 9.23. The molecule has 86 valence electrons. The van der Waals surface area contributed by atoms with Gasteiger partial charge in [0.1, 0.15) is 0 Å². The summed E-state index contributed by atoms with van der Waals surface area (Å²) in [5.41, 5.74) is 0. The highest BCUT2D eigenvalue weighted by Crippen LogP contribution is 2.05. The van der Waals surface area contributed by atoms with Gasteiger partial charge in [0, 0.05) is 12.6 Å². The maximum Gasteiger partial charge on any atom is 0.0524 e. The third kappa shape index (κ3) is 7.34. The monoisotopic (exact) mass is 201 g/mol. The number of aliphatic hydroxyl groups excluding tert-OH is 1. The van der Waals surface area contributed by atoms with Gasteiger partial charge in [-0.15, -0.1) is 0 Å². The van der Waals surface area contributed by atoms with Gasteiger partial charge in [-0.1, -0.05) is 19.8 Å². The minimum Gasteiger partial charge on any atom is -0.393 e. The highest BCUT2D eigenvalue weighted by atomic mass is 16.3. The fourth-order valence-corrected chi connectivity index (χ4v) is 1.55. The van der Waals surface area contributed by atoms with Gasteiger partial charge >= 0.3 is 0 Å². The van der Waals surface area contributed by atoms with Crippen molar-refractivity contribution in [2.24, 2.45) is 0 Å². The zero-order chi connectivity index (χ0) is 11.0. The maximum absolute atomic E-state index is 9.23. The molecule has 2 heteroatoms. The molecular formula is C12H27NO. The van der Waals surface area contributed by atoms with E-state index in [1.165, 1.54) is 25.8 Å². The van der Waals surface area contributed by atoms with Crippen molar-refractivity contribution in [3.63, 3.8) is 0 Å². The molecule has 14 heavy (non-hydrogen) atoms. The molecule has 1 N–H and O–H groups in total. The van der Waals surface area contributed by atoms with Crippen molar-refractivity contribution < 1.29 is 5.11 Å². The average Bonchev–Trinajstić information content (AvgIpc) is 2.10. The molecule has 0 aliphatic heterocycles. The molecule has 0 fully saturated rings. The van der Waals surface area contributed by atoms with Gasteiger partial charge < -0.3 is 10.0 Å². The van der Waals surface area contributed by atoms with Crippen LogP contribution in [-0.2, 0) is 0 Å². The SMILES string of the molecule is CCCCCN(CCC(C)O)C(C)C. The highest BCUT2D eigenvalue weighted by Gasteiger charge is 2.09. The molecule has 0 aliphatic carbocycles. The third-order valence-electron chi connectivity index (χ3n) is 2.61. The Morgan fingerprint density at radius 1 is 1.07 bits per heavy atom. The van der Waals surface area contributed by atoms with E-state index in [2.05, 4.69) is 25.7 Å². The van der Waals surface area contributed by atoms with Crippen LogP contribution >= 0.6 is 0 Å². The Kier molecular flexibility index (Phi) is 8.20. The van der Waals surface area contributed by atoms with Crippen molar-refractivity contribution in [3.05, 3.63) is 0 Å². The predicted molar refractivity (Wildman–Crippen MR) is 62.5 cm³/mol. The number of rotatable bonds is 8. The first-order valence-electron chi connectivity index (χ1n) is 6.00. The number of hydrogen-bond acceptors (Lipinski definition) is 2. The lowest BCUT2D eigenvalue weighted by Crippen LogP contribution is -2.34. The summed E-state index contributed by atoms with van der Waals surface area (Å²) in [5, 5.41) is 9.23. The third-order valence-corrected chi connectivity index (χ3v) is 2.61. The molecule has 0 saturated carbocycles. The lowest BCUT2D eigenvalue weighted by Gasteiger charge is -2.26. The Bertz CT molecular complexity index is 123. The van der Waals surface area contributed by atoms with Crippen molar-refractivity contribution >= 4 is 0 Å². The lowest BCUT2D eigenvalue weighted by atomic mass is 10.2. The van der Waals surface area contributed by atoms with Crippen LogP contribution in [0.3, 0.4) is 0 Å². The van der Waals surface area contributed by atoms with Crippen LogP contribution in [-0.4, -0.2) is 35.2 Å². The van der Waals surface area contributed by atoms with Gasteiger partial charge in [0.05, 0.1) is 6.10 Å². The van der Waals surface area contributed by atoms with Gasteiger partial charge in [0.15, 0.2) is 0 Å². The molecule has 0 heterocycles. The molecule has 0 spiro atoms. The minimum absolute atomic E-state index is 0.164. The van der Waals surface area contributed by atoms with Crippen molar-refractivity contribution in [2.75, 3.05) is 13.1 Å². The molecule has 1 unspecified atom stereocenters. The Balaban J connectivity index is 3.66. The number of aliphatic hydroxyl groups is 1. The summed E-state index contributed by atoms with van der Waals surface area (Å²) >= 11 is 0. The molecule has 0 amide bonds. The van der Waals surface area contributed by atoms with Crippen LogP contribution < -0.4 is 0 Å². The molecule has 0 aromatic carbocycles. The molecule has 0 rings (SSSR count). The Labute approximate surface area is 89.3 Å². The van der Waals surface area contributed by atoms with E-state index >= 15 is 0 Å². The van der Waals surface area contributed by atoms with Gasteiger partial charge in [0.2, 0.25) is 0 Å². The zero-order valence-electron chi connectivity index (χ0n) is 10.3. The standard InChI is InChI=1S/C12H27NO/c1-5-6-7-9-13(11(2)3)10-8-12(4)14/h11-12,14H,5-10H2,1-4H3. The van der Waals surface area contributed by atoms with E-state index in [0.717, 1.165) is 13.0 Å². The molecule has 0 saturated heterocycles. The van der Waals surface area contributed by atoms with Gasteiger partial charge in [-0.2, -0.15) is 0 Å². The molecule has 0 bridgehead atoms. The van der Waals surface area contributed by atoms with E-state index in [9.17, 15) is 5.11 Å². The Hall–Kier alpha value is -0.0800. The first-order valence-corrected chi connectivity index (χ1v) is 6.00. The van der Waals surface area contributed by atoms with Crippen molar-refractivity contribution in [2.45, 2.75) is 65.5 Å². The quantitative estimate of drug-likeness (QED) is 0.610. The molecule has 0 aromatic heterocycles. The molecular weight excluding hydrogens is 174 g/mol. The van der Waals surface area contributed by atoms with Crippen LogP contribution in [0.1, 0.15) is 53.4 Å². The van der Waals surface area contributed by atoms with E-state index in [1.54, 1.807) is 0 Å². The first kappa shape index (κ1) is 13.9. The summed E-state index contributed by atoms with van der Waals surface area (Å²) in [6, 6.07) is 0.602. The van der Waals surface area contributed by atoms with Crippen LogP contribution in [0, 0.1) is 0 Å². The van der Waals surface area contributed by atoms with Crippen molar-refractivity contribution in [1.82, 2.24) is 4.90 Å². The summed E-state index contributed by atoms with van der Waals surface area (Å²) in [6.45, 7) is 10.8. The fourth-order valence-electron chi connectivity index (χ4n) is 1.55. The molecule has 1 atom stereocenters. The second-order valence-corrected chi connectivity index (χ2v) is 4.47. The molecule has 2 nitrogen and oxygen atoms in total. The van der Waals surface area contributed by atoms with Crippen molar-refractivity contribution in [3.8, 4) is 0 Å². The van der Waals surface area contributed by atoms with Crippen LogP contribution in [0.25, 0.3) is 0 Å². The second kappa shape index (κ2) is 8.25. The summed E-state index contributed by atoms with van der Waals surface area (Å²) in [4.78, 5) is 2.46. The Morgan fingerprint density at radius 3 is 2.14 bits per heavy atom. The van der Waals surface area contributed by atoms with E-state index in [-0.39, 0.29) is 6.10 Å². The summed E-state index contributed by atoms with van der Waals surface area (Å²) < 4.78 is 0. The van der Waals surface area contributed by atoms with E-state index < -0.39 is 0 Å². The number of nitrogens with zero attached hydrogens (tertiary/aromatic N) is 1. The normalized spacial score (nSPS) is 13.9. The van der Waals surface area contributed by atoms with Crippen LogP contribution in [0.5, 0.6) is 0 Å². The van der Waals surface area contributed by atoms with Gasteiger partial charge in [-0.25, -0.2) is 0 Å². The topological polar surface area (TPSA) is 23.5 Å².